The fourth-order valence-corrected chi connectivity index (χ4v) is 5.98. The van der Waals surface area contributed by atoms with Gasteiger partial charge in [-0.15, -0.1) is 0 Å². The van der Waals surface area contributed by atoms with Gasteiger partial charge in [-0.3, -0.25) is 4.90 Å². The van der Waals surface area contributed by atoms with Crippen molar-refractivity contribution in [3.05, 3.63) is 62.5 Å². The molecule has 5 nitrogen and oxygen atoms in total. The summed E-state index contributed by atoms with van der Waals surface area (Å²) in [6.45, 7) is 0.777. The predicted octanol–water partition coefficient (Wildman–Crippen LogP) is 4.18. The van der Waals surface area contributed by atoms with Gasteiger partial charge in [-0.05, 0) is 52.2 Å². The van der Waals surface area contributed by atoms with E-state index in [1.807, 2.05) is 35.2 Å². The number of rotatable bonds is 8. The van der Waals surface area contributed by atoms with Gasteiger partial charge in [0.25, 0.3) is 0 Å². The van der Waals surface area contributed by atoms with Crippen molar-refractivity contribution in [2.24, 2.45) is 0 Å². The highest BCUT2D eigenvalue weighted by molar-refractivity contribution is 9.10. The lowest BCUT2D eigenvalue weighted by atomic mass is 10.1. The van der Waals surface area contributed by atoms with E-state index in [2.05, 4.69) is 15.9 Å². The SMILES string of the molecule is O=S1(=O)CCC(N(Cc2ccc(Cl)cc2Cl)CC(O)COc2ccccc2Br)C1. The van der Waals surface area contributed by atoms with E-state index < -0.39 is 15.9 Å². The summed E-state index contributed by atoms with van der Waals surface area (Å²) in [7, 11) is -3.06. The van der Waals surface area contributed by atoms with Crippen molar-refractivity contribution in [1.82, 2.24) is 4.90 Å². The largest absolute Gasteiger partial charge is 0.490 e. The molecular weight excluding hydrogens is 501 g/mol. The number of para-hydroxylation sites is 1. The smallest absolute Gasteiger partial charge is 0.151 e. The highest BCUT2D eigenvalue weighted by Gasteiger charge is 2.33. The molecule has 0 spiro atoms. The molecule has 0 amide bonds. The fourth-order valence-electron chi connectivity index (χ4n) is 3.35. The van der Waals surface area contributed by atoms with Gasteiger partial charge in [0.2, 0.25) is 0 Å². The maximum Gasteiger partial charge on any atom is 0.151 e. The molecule has 0 saturated carbocycles. The minimum absolute atomic E-state index is 0.0794. The van der Waals surface area contributed by atoms with Crippen molar-refractivity contribution in [3.8, 4) is 5.75 Å². The monoisotopic (exact) mass is 521 g/mol. The van der Waals surface area contributed by atoms with E-state index >= 15 is 0 Å². The maximum absolute atomic E-state index is 12.0. The van der Waals surface area contributed by atoms with Crippen LogP contribution in [0.5, 0.6) is 5.75 Å². The molecule has 2 atom stereocenters. The van der Waals surface area contributed by atoms with Crippen molar-refractivity contribution in [3.63, 3.8) is 0 Å². The minimum atomic E-state index is -3.06. The molecular formula is C20H22BrCl2NO4S. The summed E-state index contributed by atoms with van der Waals surface area (Å²) >= 11 is 15.7. The van der Waals surface area contributed by atoms with Crippen LogP contribution in [0.25, 0.3) is 0 Å². The standard InChI is InChI=1S/C20H22BrCl2NO4S/c21-18-3-1-2-4-20(18)28-12-17(25)11-24(16-7-8-29(26,27)13-16)10-14-5-6-15(22)9-19(14)23/h1-6,9,16-17,25H,7-8,10-13H2. The van der Waals surface area contributed by atoms with Gasteiger partial charge in [-0.25, -0.2) is 8.42 Å². The summed E-state index contributed by atoms with van der Waals surface area (Å²) in [5.74, 6) is 0.879. The number of nitrogens with zero attached hydrogens (tertiary/aromatic N) is 1. The van der Waals surface area contributed by atoms with E-state index in [0.29, 0.717) is 28.8 Å². The predicted molar refractivity (Wildman–Crippen MR) is 120 cm³/mol. The number of halogens is 3. The van der Waals surface area contributed by atoms with Crippen molar-refractivity contribution >= 4 is 49.0 Å². The number of hydrogen-bond acceptors (Lipinski definition) is 5. The van der Waals surface area contributed by atoms with Crippen LogP contribution < -0.4 is 4.74 Å². The zero-order valence-electron chi connectivity index (χ0n) is 15.6. The van der Waals surface area contributed by atoms with Gasteiger partial charge in [0.15, 0.2) is 9.84 Å². The number of aliphatic hydroxyl groups excluding tert-OH is 1. The van der Waals surface area contributed by atoms with E-state index in [-0.39, 0.29) is 30.7 Å². The van der Waals surface area contributed by atoms with Crippen molar-refractivity contribution < 1.29 is 18.3 Å². The van der Waals surface area contributed by atoms with Crippen molar-refractivity contribution in [2.45, 2.75) is 25.1 Å². The van der Waals surface area contributed by atoms with Gasteiger partial charge in [0, 0.05) is 29.2 Å². The Labute approximate surface area is 189 Å². The first-order valence-electron chi connectivity index (χ1n) is 9.17. The Morgan fingerprint density at radius 3 is 2.66 bits per heavy atom. The Kier molecular flexibility index (Phi) is 7.87. The molecule has 1 fully saturated rings. The van der Waals surface area contributed by atoms with Gasteiger partial charge in [-0.1, -0.05) is 41.4 Å². The third-order valence-electron chi connectivity index (χ3n) is 4.83. The summed E-state index contributed by atoms with van der Waals surface area (Å²) in [4.78, 5) is 1.97. The summed E-state index contributed by atoms with van der Waals surface area (Å²) in [5.41, 5.74) is 0.833. The zero-order chi connectivity index (χ0) is 21.0. The number of sulfone groups is 1. The Morgan fingerprint density at radius 2 is 2.00 bits per heavy atom. The normalized spacial score (nSPS) is 19.4. The quantitative estimate of drug-likeness (QED) is 0.563. The summed E-state index contributed by atoms with van der Waals surface area (Å²) in [5, 5.41) is 11.6. The molecule has 1 saturated heterocycles. The van der Waals surface area contributed by atoms with E-state index in [1.54, 1.807) is 12.1 Å². The Hall–Kier alpha value is -0.830. The molecule has 0 radical (unpaired) electrons. The number of aliphatic hydroxyl groups is 1. The summed E-state index contributed by atoms with van der Waals surface area (Å²) < 4.78 is 30.5. The third-order valence-corrected chi connectivity index (χ3v) is 7.82. The topological polar surface area (TPSA) is 66.8 Å². The maximum atomic E-state index is 12.0. The second-order valence-corrected chi connectivity index (χ2v) is 11.0. The van der Waals surface area contributed by atoms with E-state index in [1.165, 1.54) is 0 Å². The number of benzene rings is 2. The Morgan fingerprint density at radius 1 is 1.24 bits per heavy atom. The van der Waals surface area contributed by atoms with Crippen LogP contribution >= 0.6 is 39.1 Å². The van der Waals surface area contributed by atoms with E-state index in [0.717, 1.165) is 10.0 Å². The molecule has 2 aromatic carbocycles. The van der Waals surface area contributed by atoms with Crippen LogP contribution in [-0.2, 0) is 16.4 Å². The first-order valence-corrected chi connectivity index (χ1v) is 12.5. The Balaban J connectivity index is 1.69. The van der Waals surface area contributed by atoms with Crippen LogP contribution in [-0.4, -0.2) is 55.2 Å². The molecule has 1 aliphatic heterocycles. The van der Waals surface area contributed by atoms with Crippen molar-refractivity contribution in [1.29, 1.82) is 0 Å². The van der Waals surface area contributed by atoms with Gasteiger partial charge in [-0.2, -0.15) is 0 Å². The van der Waals surface area contributed by atoms with Gasteiger partial charge in [0.05, 0.1) is 16.0 Å². The van der Waals surface area contributed by atoms with Gasteiger partial charge in [0.1, 0.15) is 18.5 Å². The van der Waals surface area contributed by atoms with E-state index in [4.69, 9.17) is 27.9 Å². The van der Waals surface area contributed by atoms with Crippen LogP contribution in [0.3, 0.4) is 0 Å². The molecule has 1 aliphatic rings. The van der Waals surface area contributed by atoms with E-state index in [9.17, 15) is 13.5 Å². The molecule has 29 heavy (non-hydrogen) atoms. The molecule has 0 bridgehead atoms. The lowest BCUT2D eigenvalue weighted by Crippen LogP contribution is -2.42. The lowest BCUT2D eigenvalue weighted by Gasteiger charge is -2.30. The molecule has 0 aliphatic carbocycles. The molecule has 158 valence electrons. The second kappa shape index (κ2) is 9.98. The molecule has 2 unspecified atom stereocenters. The first-order chi connectivity index (χ1) is 13.7. The van der Waals surface area contributed by atoms with Crippen LogP contribution in [0.2, 0.25) is 10.0 Å². The average molecular weight is 523 g/mol. The Bertz CT molecular complexity index is 957. The summed E-state index contributed by atoms with van der Waals surface area (Å²) in [6.07, 6.45) is -0.262. The minimum Gasteiger partial charge on any atom is -0.490 e. The third kappa shape index (κ3) is 6.57. The summed E-state index contributed by atoms with van der Waals surface area (Å²) in [6, 6.07) is 12.5. The zero-order valence-corrected chi connectivity index (χ0v) is 19.5. The highest BCUT2D eigenvalue weighted by atomic mass is 79.9. The molecule has 1 heterocycles. The number of ether oxygens (including phenoxy) is 1. The highest BCUT2D eigenvalue weighted by Crippen LogP contribution is 2.27. The van der Waals surface area contributed by atoms with Crippen molar-refractivity contribution in [2.75, 3.05) is 24.7 Å². The first kappa shape index (κ1) is 22.8. The van der Waals surface area contributed by atoms with Gasteiger partial charge < -0.3 is 9.84 Å². The van der Waals surface area contributed by atoms with Crippen LogP contribution in [0.1, 0.15) is 12.0 Å². The van der Waals surface area contributed by atoms with Crippen LogP contribution in [0.4, 0.5) is 0 Å². The fraction of sp³-hybridized carbons (Fsp3) is 0.400. The number of hydrogen-bond donors (Lipinski definition) is 1. The molecule has 2 aromatic rings. The average Bonchev–Trinajstić information content (AvgIpc) is 3.02. The molecule has 0 aromatic heterocycles. The lowest BCUT2D eigenvalue weighted by molar-refractivity contribution is 0.0523. The molecule has 3 rings (SSSR count). The van der Waals surface area contributed by atoms with Gasteiger partial charge >= 0.3 is 0 Å². The molecule has 9 heteroatoms. The van der Waals surface area contributed by atoms with Crippen LogP contribution in [0, 0.1) is 0 Å². The molecule has 1 N–H and O–H groups in total. The second-order valence-electron chi connectivity index (χ2n) is 7.12. The van der Waals surface area contributed by atoms with Crippen LogP contribution in [0.15, 0.2) is 46.9 Å².